The Hall–Kier alpha value is -1.73. The number of carbonyl (C=O) groups excluding carboxylic acids is 1. The number of halogens is 1. The fraction of sp³-hybridized carbons (Fsp3) is 0.429. The monoisotopic (exact) mass is 309 g/mol. The van der Waals surface area contributed by atoms with Crippen LogP contribution < -0.4 is 5.32 Å². The number of ether oxygens (including phenoxy) is 1. The fourth-order valence-corrected chi connectivity index (χ4v) is 3.12. The van der Waals surface area contributed by atoms with Gasteiger partial charge in [-0.25, -0.2) is 4.39 Å². The van der Waals surface area contributed by atoms with Crippen molar-refractivity contribution in [3.8, 4) is 0 Å². The van der Waals surface area contributed by atoms with Crippen LogP contribution in [0.15, 0.2) is 12.1 Å². The van der Waals surface area contributed by atoms with E-state index in [-0.39, 0.29) is 23.6 Å². The summed E-state index contributed by atoms with van der Waals surface area (Å²) in [6, 6.07) is 2.49. The summed E-state index contributed by atoms with van der Waals surface area (Å²) in [7, 11) is 1.64. The van der Waals surface area contributed by atoms with Crippen LogP contribution in [0.4, 0.5) is 4.39 Å². The van der Waals surface area contributed by atoms with Crippen molar-refractivity contribution in [2.75, 3.05) is 7.11 Å². The molecule has 2 atom stereocenters. The second kappa shape index (κ2) is 5.57. The number of hydrogen-bond donors (Lipinski definition) is 3. The summed E-state index contributed by atoms with van der Waals surface area (Å²) in [4.78, 5) is 18.1. The van der Waals surface area contributed by atoms with Crippen molar-refractivity contribution in [1.82, 2.24) is 15.3 Å². The maximum Gasteiger partial charge on any atom is 0.253 e. The molecule has 1 aliphatic rings. The largest absolute Gasteiger partial charge is 0.379 e. The average molecular weight is 309 g/mol. The zero-order valence-corrected chi connectivity index (χ0v) is 12.3. The van der Waals surface area contributed by atoms with Gasteiger partial charge < -0.3 is 20.0 Å². The third kappa shape index (κ3) is 2.71. The molecule has 0 spiro atoms. The highest BCUT2D eigenvalue weighted by molar-refractivity contribution is 7.71. The molecule has 7 heteroatoms. The number of H-pyrrole nitrogens is 2. The van der Waals surface area contributed by atoms with Gasteiger partial charge in [-0.3, -0.25) is 4.79 Å². The highest BCUT2D eigenvalue weighted by Gasteiger charge is 2.29. The predicted molar refractivity (Wildman–Crippen MR) is 79.3 cm³/mol. The molecule has 112 valence electrons. The van der Waals surface area contributed by atoms with Crippen LogP contribution in [0, 0.1) is 10.6 Å². The maximum absolute atomic E-state index is 13.7. The molecule has 0 unspecified atom stereocenters. The second-order valence-corrected chi connectivity index (χ2v) is 5.65. The van der Waals surface area contributed by atoms with E-state index in [1.165, 1.54) is 12.1 Å². The second-order valence-electron chi connectivity index (χ2n) is 5.24. The van der Waals surface area contributed by atoms with Crippen molar-refractivity contribution in [3.63, 3.8) is 0 Å². The molecule has 1 aliphatic carbocycles. The molecule has 3 N–H and O–H groups in total. The summed E-state index contributed by atoms with van der Waals surface area (Å²) in [6.45, 7) is 0. The van der Waals surface area contributed by atoms with E-state index in [1.54, 1.807) is 7.11 Å². The normalized spacial score (nSPS) is 21.8. The van der Waals surface area contributed by atoms with Gasteiger partial charge in [-0.1, -0.05) is 0 Å². The molecule has 1 aromatic heterocycles. The van der Waals surface area contributed by atoms with E-state index in [9.17, 15) is 9.18 Å². The number of fused-ring (bicyclic) bond motifs is 1. The molecule has 21 heavy (non-hydrogen) atoms. The number of hydrogen-bond acceptors (Lipinski definition) is 3. The number of nitrogens with one attached hydrogen (secondary N) is 3. The maximum atomic E-state index is 13.7. The van der Waals surface area contributed by atoms with Crippen molar-refractivity contribution in [2.45, 2.75) is 31.4 Å². The van der Waals surface area contributed by atoms with E-state index in [0.29, 0.717) is 15.8 Å². The van der Waals surface area contributed by atoms with Gasteiger partial charge in [0.05, 0.1) is 28.7 Å². The first kappa shape index (κ1) is 14.2. The van der Waals surface area contributed by atoms with E-state index in [0.717, 1.165) is 19.3 Å². The van der Waals surface area contributed by atoms with Gasteiger partial charge in [-0.05, 0) is 43.6 Å². The number of benzene rings is 1. The standard InChI is InChI=1S/C14H16FN3O2S/c1-20-11-4-2-3-9(11)16-13(19)8-5-7(15)6-10-12(8)18-14(21)17-10/h5-6,9,11H,2-4H2,1H3,(H,16,19)(H2,17,18,21)/t9-,11+/m1/s1. The summed E-state index contributed by atoms with van der Waals surface area (Å²) in [5, 5.41) is 2.93. The molecule has 0 radical (unpaired) electrons. The Labute approximate surface area is 125 Å². The van der Waals surface area contributed by atoms with Crippen molar-refractivity contribution in [1.29, 1.82) is 0 Å². The van der Waals surface area contributed by atoms with Gasteiger partial charge in [-0.2, -0.15) is 0 Å². The van der Waals surface area contributed by atoms with Crippen LogP contribution in [-0.2, 0) is 4.74 Å². The average Bonchev–Trinajstić information content (AvgIpc) is 3.02. The topological polar surface area (TPSA) is 69.9 Å². The molecular formula is C14H16FN3O2S. The summed E-state index contributed by atoms with van der Waals surface area (Å²) in [5.41, 5.74) is 1.25. The molecule has 1 aromatic carbocycles. The number of aromatic nitrogens is 2. The van der Waals surface area contributed by atoms with Crippen molar-refractivity contribution < 1.29 is 13.9 Å². The fourth-order valence-electron chi connectivity index (χ4n) is 2.91. The molecule has 1 fully saturated rings. The third-order valence-electron chi connectivity index (χ3n) is 3.91. The van der Waals surface area contributed by atoms with Crippen LogP contribution in [0.1, 0.15) is 29.6 Å². The molecule has 0 aliphatic heterocycles. The predicted octanol–water partition coefficient (Wildman–Crippen LogP) is 2.66. The Morgan fingerprint density at radius 2 is 2.24 bits per heavy atom. The summed E-state index contributed by atoms with van der Waals surface area (Å²) in [5.74, 6) is -0.800. The molecule has 2 aromatic rings. The number of aromatic amines is 2. The first-order chi connectivity index (χ1) is 10.1. The third-order valence-corrected chi connectivity index (χ3v) is 4.11. The Kier molecular flexibility index (Phi) is 3.77. The zero-order valence-electron chi connectivity index (χ0n) is 11.5. The first-order valence-electron chi connectivity index (χ1n) is 6.83. The van der Waals surface area contributed by atoms with E-state index in [2.05, 4.69) is 15.3 Å². The Morgan fingerprint density at radius 1 is 1.43 bits per heavy atom. The highest BCUT2D eigenvalue weighted by atomic mass is 32.1. The van der Waals surface area contributed by atoms with Gasteiger partial charge >= 0.3 is 0 Å². The quantitative estimate of drug-likeness (QED) is 0.763. The number of amides is 1. The Morgan fingerprint density at radius 3 is 3.00 bits per heavy atom. The molecular weight excluding hydrogens is 293 g/mol. The van der Waals surface area contributed by atoms with Crippen LogP contribution >= 0.6 is 12.2 Å². The highest BCUT2D eigenvalue weighted by Crippen LogP contribution is 2.23. The minimum absolute atomic E-state index is 0.0164. The van der Waals surface area contributed by atoms with Gasteiger partial charge in [0, 0.05) is 7.11 Å². The minimum Gasteiger partial charge on any atom is -0.379 e. The van der Waals surface area contributed by atoms with Gasteiger partial charge in [0.25, 0.3) is 5.91 Å². The SMILES string of the molecule is CO[C@H]1CCC[C@H]1NC(=O)c1cc(F)cc2[nH]c(=S)[nH]c12. The number of rotatable bonds is 3. The van der Waals surface area contributed by atoms with Gasteiger partial charge in [0.2, 0.25) is 0 Å². The molecule has 1 amide bonds. The lowest BCUT2D eigenvalue weighted by Gasteiger charge is -2.19. The lowest BCUT2D eigenvalue weighted by atomic mass is 10.1. The van der Waals surface area contributed by atoms with Gasteiger partial charge in [0.1, 0.15) is 5.82 Å². The molecule has 1 heterocycles. The van der Waals surface area contributed by atoms with Crippen LogP contribution in [0.3, 0.4) is 0 Å². The van der Waals surface area contributed by atoms with E-state index in [4.69, 9.17) is 17.0 Å². The summed E-state index contributed by atoms with van der Waals surface area (Å²) in [6.07, 6.45) is 2.82. The molecule has 3 rings (SSSR count). The molecule has 0 saturated heterocycles. The van der Waals surface area contributed by atoms with Crippen LogP contribution in [0.2, 0.25) is 0 Å². The van der Waals surface area contributed by atoms with E-state index < -0.39 is 5.82 Å². The minimum atomic E-state index is -0.479. The Balaban J connectivity index is 1.92. The van der Waals surface area contributed by atoms with E-state index in [1.807, 2.05) is 0 Å². The zero-order chi connectivity index (χ0) is 15.0. The smallest absolute Gasteiger partial charge is 0.253 e. The lowest BCUT2D eigenvalue weighted by molar-refractivity contribution is 0.0723. The van der Waals surface area contributed by atoms with E-state index >= 15 is 0 Å². The molecule has 5 nitrogen and oxygen atoms in total. The summed E-state index contributed by atoms with van der Waals surface area (Å²) >= 11 is 5.00. The number of methoxy groups -OCH3 is 1. The van der Waals surface area contributed by atoms with Crippen molar-refractivity contribution in [2.24, 2.45) is 0 Å². The lowest BCUT2D eigenvalue weighted by Crippen LogP contribution is -2.40. The van der Waals surface area contributed by atoms with Crippen LogP contribution in [-0.4, -0.2) is 35.1 Å². The van der Waals surface area contributed by atoms with Crippen molar-refractivity contribution in [3.05, 3.63) is 28.3 Å². The first-order valence-corrected chi connectivity index (χ1v) is 7.24. The molecule has 1 saturated carbocycles. The van der Waals surface area contributed by atoms with Crippen LogP contribution in [0.25, 0.3) is 11.0 Å². The molecule has 0 bridgehead atoms. The van der Waals surface area contributed by atoms with Crippen LogP contribution in [0.5, 0.6) is 0 Å². The van der Waals surface area contributed by atoms with Crippen molar-refractivity contribution >= 4 is 29.2 Å². The number of imidazole rings is 1. The number of carbonyl (C=O) groups is 1. The Bertz CT molecular complexity index is 739. The summed E-state index contributed by atoms with van der Waals surface area (Å²) < 4.78 is 19.4. The van der Waals surface area contributed by atoms with Gasteiger partial charge in [0.15, 0.2) is 4.77 Å². The van der Waals surface area contributed by atoms with Gasteiger partial charge in [-0.15, -0.1) is 0 Å².